The average Bonchev–Trinajstić information content (AvgIpc) is 3.48. The number of carbonyl (C=O) groups is 2. The second-order valence-electron chi connectivity index (χ2n) is 10.9. The summed E-state index contributed by atoms with van der Waals surface area (Å²) in [6.45, 7) is 4.16. The fourth-order valence-electron chi connectivity index (χ4n) is 5.50. The maximum Gasteiger partial charge on any atom is 0.416 e. The predicted octanol–water partition coefficient (Wildman–Crippen LogP) is 7.38. The van der Waals surface area contributed by atoms with E-state index in [9.17, 15) is 22.8 Å². The summed E-state index contributed by atoms with van der Waals surface area (Å²) in [7, 11) is 0. The lowest BCUT2D eigenvalue weighted by Gasteiger charge is -2.27. The molecule has 2 amide bonds. The fourth-order valence-corrected chi connectivity index (χ4v) is 5.50. The lowest BCUT2D eigenvalue weighted by molar-refractivity contribution is -0.137. The molecule has 3 N–H and O–H groups in total. The first-order valence-electron chi connectivity index (χ1n) is 14.7. The molecule has 0 radical (unpaired) electrons. The van der Waals surface area contributed by atoms with Crippen LogP contribution in [0.4, 0.5) is 24.5 Å². The van der Waals surface area contributed by atoms with Crippen molar-refractivity contribution in [2.75, 3.05) is 30.3 Å². The van der Waals surface area contributed by atoms with Crippen LogP contribution in [0.3, 0.4) is 0 Å². The molecule has 1 aliphatic rings. The van der Waals surface area contributed by atoms with Crippen molar-refractivity contribution in [2.24, 2.45) is 0 Å². The summed E-state index contributed by atoms with van der Waals surface area (Å²) in [5.74, 6) is -0.348. The molecule has 2 unspecified atom stereocenters. The van der Waals surface area contributed by atoms with Crippen molar-refractivity contribution in [3.63, 3.8) is 0 Å². The molecule has 0 spiro atoms. The number of alkyl halides is 3. The molecule has 0 saturated carbocycles. The highest BCUT2D eigenvalue weighted by Gasteiger charge is 2.33. The molecule has 1 fully saturated rings. The summed E-state index contributed by atoms with van der Waals surface area (Å²) in [6.07, 6.45) is -2.67. The van der Waals surface area contributed by atoms with Crippen LogP contribution >= 0.6 is 0 Å². The van der Waals surface area contributed by atoms with Gasteiger partial charge in [0.2, 0.25) is 5.91 Å². The van der Waals surface area contributed by atoms with E-state index in [-0.39, 0.29) is 23.9 Å². The number of rotatable bonds is 10. The molecule has 5 rings (SSSR count). The number of amides is 2. The Labute approximate surface area is 255 Å². The second kappa shape index (κ2) is 13.8. The minimum Gasteiger partial charge on any atom is -0.381 e. The van der Waals surface area contributed by atoms with Crippen LogP contribution in [0.5, 0.6) is 0 Å². The van der Waals surface area contributed by atoms with Gasteiger partial charge in [-0.1, -0.05) is 67.6 Å². The Morgan fingerprint density at radius 2 is 1.52 bits per heavy atom. The van der Waals surface area contributed by atoms with Crippen LogP contribution in [-0.4, -0.2) is 42.4 Å². The summed E-state index contributed by atoms with van der Waals surface area (Å²) in [5.41, 5.74) is 3.14. The van der Waals surface area contributed by atoms with Crippen LogP contribution in [0.15, 0.2) is 103 Å². The maximum atomic E-state index is 13.2. The Balaban J connectivity index is 1.21. The standard InChI is InChI=1S/C35H35F3N4O2/c1-2-21-39-34(44)32(25-8-4-3-5-9-25)42-22-20-29(23-42)40-27-16-18-28(19-17-27)41-33(43)31-11-7-6-10-30(31)24-12-14-26(15-13-24)35(36,37)38/h3-19,29,32,40H,2,20-23H2,1H3,(H,39,44)(H,41,43). The highest BCUT2D eigenvalue weighted by molar-refractivity contribution is 6.08. The lowest BCUT2D eigenvalue weighted by Crippen LogP contribution is -2.40. The zero-order valence-corrected chi connectivity index (χ0v) is 24.4. The van der Waals surface area contributed by atoms with E-state index in [0.717, 1.165) is 42.8 Å². The number of halogens is 3. The number of hydrogen-bond donors (Lipinski definition) is 3. The number of nitrogens with one attached hydrogen (secondary N) is 3. The fraction of sp³-hybridized carbons (Fsp3) is 0.257. The van der Waals surface area contributed by atoms with Gasteiger partial charge in [-0.15, -0.1) is 0 Å². The normalized spacial score (nSPS) is 15.9. The Kier molecular flexibility index (Phi) is 9.65. The van der Waals surface area contributed by atoms with E-state index in [0.29, 0.717) is 35.5 Å². The molecule has 0 aromatic heterocycles. The van der Waals surface area contributed by atoms with E-state index >= 15 is 0 Å². The van der Waals surface area contributed by atoms with Crippen molar-refractivity contribution in [1.82, 2.24) is 10.2 Å². The zero-order valence-electron chi connectivity index (χ0n) is 24.4. The van der Waals surface area contributed by atoms with Gasteiger partial charge in [0.15, 0.2) is 0 Å². The van der Waals surface area contributed by atoms with E-state index in [1.54, 1.807) is 36.4 Å². The molecular weight excluding hydrogens is 565 g/mol. The first kappa shape index (κ1) is 30.8. The molecule has 2 atom stereocenters. The molecule has 9 heteroatoms. The van der Waals surface area contributed by atoms with Gasteiger partial charge in [-0.05, 0) is 72.0 Å². The highest BCUT2D eigenvalue weighted by Crippen LogP contribution is 2.32. The van der Waals surface area contributed by atoms with Crippen LogP contribution in [0.25, 0.3) is 11.1 Å². The summed E-state index contributed by atoms with van der Waals surface area (Å²) >= 11 is 0. The van der Waals surface area contributed by atoms with Crippen LogP contribution < -0.4 is 16.0 Å². The van der Waals surface area contributed by atoms with Gasteiger partial charge in [0.05, 0.1) is 5.56 Å². The summed E-state index contributed by atoms with van der Waals surface area (Å²) in [6, 6.07) is 28.6. The van der Waals surface area contributed by atoms with Gasteiger partial charge in [0.1, 0.15) is 6.04 Å². The smallest absolute Gasteiger partial charge is 0.381 e. The summed E-state index contributed by atoms with van der Waals surface area (Å²) in [4.78, 5) is 28.5. The Morgan fingerprint density at radius 1 is 0.864 bits per heavy atom. The van der Waals surface area contributed by atoms with E-state index in [1.165, 1.54) is 12.1 Å². The second-order valence-corrected chi connectivity index (χ2v) is 10.9. The SMILES string of the molecule is CCCNC(=O)C(c1ccccc1)N1CCC(Nc2ccc(NC(=O)c3ccccc3-c3ccc(C(F)(F)F)cc3)cc2)C1. The Bertz CT molecular complexity index is 1560. The number of likely N-dealkylation sites (tertiary alicyclic amines) is 1. The molecule has 228 valence electrons. The minimum atomic E-state index is -4.43. The third-order valence-electron chi connectivity index (χ3n) is 7.71. The molecule has 6 nitrogen and oxygen atoms in total. The van der Waals surface area contributed by atoms with Gasteiger partial charge in [0.25, 0.3) is 5.91 Å². The van der Waals surface area contributed by atoms with E-state index in [4.69, 9.17) is 0 Å². The largest absolute Gasteiger partial charge is 0.416 e. The third kappa shape index (κ3) is 7.47. The number of hydrogen-bond acceptors (Lipinski definition) is 4. The average molecular weight is 601 g/mol. The van der Waals surface area contributed by atoms with Crippen LogP contribution in [0.1, 0.15) is 47.3 Å². The molecule has 0 aliphatic carbocycles. The number of benzene rings is 4. The predicted molar refractivity (Wildman–Crippen MR) is 167 cm³/mol. The Morgan fingerprint density at radius 3 is 2.20 bits per heavy atom. The van der Waals surface area contributed by atoms with Gasteiger partial charge in [-0.25, -0.2) is 0 Å². The number of carbonyl (C=O) groups excluding carboxylic acids is 2. The lowest BCUT2D eigenvalue weighted by atomic mass is 9.98. The van der Waals surface area contributed by atoms with Gasteiger partial charge in [-0.2, -0.15) is 13.2 Å². The molecule has 44 heavy (non-hydrogen) atoms. The van der Waals surface area contributed by atoms with E-state index in [2.05, 4.69) is 20.9 Å². The van der Waals surface area contributed by atoms with Gasteiger partial charge in [0, 0.05) is 42.6 Å². The third-order valence-corrected chi connectivity index (χ3v) is 7.71. The molecule has 0 bridgehead atoms. The van der Waals surface area contributed by atoms with Gasteiger partial charge in [-0.3, -0.25) is 14.5 Å². The maximum absolute atomic E-state index is 13.2. The summed E-state index contributed by atoms with van der Waals surface area (Å²) in [5, 5.41) is 9.50. The van der Waals surface area contributed by atoms with E-state index < -0.39 is 11.7 Å². The monoisotopic (exact) mass is 600 g/mol. The van der Waals surface area contributed by atoms with Crippen molar-refractivity contribution >= 4 is 23.2 Å². The van der Waals surface area contributed by atoms with Gasteiger partial charge < -0.3 is 16.0 Å². The molecule has 1 saturated heterocycles. The molecular formula is C35H35F3N4O2. The zero-order chi connectivity index (χ0) is 31.1. The van der Waals surface area contributed by atoms with Gasteiger partial charge >= 0.3 is 6.18 Å². The van der Waals surface area contributed by atoms with Crippen molar-refractivity contribution in [3.8, 4) is 11.1 Å². The molecule has 1 heterocycles. The number of anilines is 2. The van der Waals surface area contributed by atoms with Crippen molar-refractivity contribution in [2.45, 2.75) is 38.0 Å². The van der Waals surface area contributed by atoms with Crippen molar-refractivity contribution in [1.29, 1.82) is 0 Å². The number of nitrogens with zero attached hydrogens (tertiary/aromatic N) is 1. The molecule has 4 aromatic rings. The Hall–Kier alpha value is -4.63. The molecule has 1 aliphatic heterocycles. The van der Waals surface area contributed by atoms with Crippen molar-refractivity contribution < 1.29 is 22.8 Å². The quantitative estimate of drug-likeness (QED) is 0.178. The van der Waals surface area contributed by atoms with E-state index in [1.807, 2.05) is 49.4 Å². The first-order chi connectivity index (χ1) is 21.2. The van der Waals surface area contributed by atoms with Crippen LogP contribution in [0, 0.1) is 0 Å². The van der Waals surface area contributed by atoms with Crippen molar-refractivity contribution in [3.05, 3.63) is 120 Å². The topological polar surface area (TPSA) is 73.5 Å². The van der Waals surface area contributed by atoms with Crippen LogP contribution in [-0.2, 0) is 11.0 Å². The highest BCUT2D eigenvalue weighted by atomic mass is 19.4. The molecule has 4 aromatic carbocycles. The van der Waals surface area contributed by atoms with Crippen LogP contribution in [0.2, 0.25) is 0 Å². The summed E-state index contributed by atoms with van der Waals surface area (Å²) < 4.78 is 39.0. The first-order valence-corrected chi connectivity index (χ1v) is 14.7. The minimum absolute atomic E-state index is 0.0127.